The molecule has 774 valence electrons. The van der Waals surface area contributed by atoms with Gasteiger partial charge in [0.15, 0.2) is 46.3 Å². The van der Waals surface area contributed by atoms with E-state index in [-0.39, 0.29) is 154 Å². The van der Waals surface area contributed by atoms with Gasteiger partial charge >= 0.3 is 73.3 Å². The molecule has 0 spiro atoms. The maximum Gasteiger partial charge on any atom is 1.00 e. The number of aliphatic hydroxyl groups excluding tert-OH is 4. The van der Waals surface area contributed by atoms with E-state index in [2.05, 4.69) is 26.7 Å². The molecule has 7 aliphatic rings. The average molecular weight is 2040 g/mol. The average Bonchev–Trinajstić information content (AvgIpc) is 0.894. The normalized spacial score (nSPS) is 18.0. The van der Waals surface area contributed by atoms with Gasteiger partial charge in [-0.2, -0.15) is 36.9 Å². The fraction of sp³-hybridized carbons (Fsp3) is 0.761. The van der Waals surface area contributed by atoms with Crippen LogP contribution >= 0.6 is 23.5 Å². The molecule has 0 atom stereocenters. The van der Waals surface area contributed by atoms with Crippen molar-refractivity contribution >= 4 is 53.1 Å². The number of rotatable bonds is 35. The summed E-state index contributed by atoms with van der Waals surface area (Å²) in [6.07, 6.45) is 4.63. The van der Waals surface area contributed by atoms with E-state index in [4.69, 9.17) is 136 Å². The number of halogens is 7. The number of ketones is 1. The van der Waals surface area contributed by atoms with Crippen LogP contribution in [0.2, 0.25) is 0 Å². The van der Waals surface area contributed by atoms with Crippen molar-refractivity contribution in [2.24, 2.45) is 5.73 Å². The van der Waals surface area contributed by atoms with Gasteiger partial charge in [-0.1, -0.05) is 52.4 Å². The minimum absolute atomic E-state index is 0. The molecular weight excluding hydrogens is 1890 g/mol. The predicted molar refractivity (Wildman–Crippen MR) is 480 cm³/mol. The zero-order chi connectivity index (χ0) is 102. The van der Waals surface area contributed by atoms with Crippen LogP contribution in [0.5, 0.6) is 0 Å². The minimum Gasteiger partial charge on any atom is -1.00 e. The van der Waals surface area contributed by atoms with Crippen LogP contribution < -0.4 is 45.9 Å². The molecule has 0 aromatic rings. The first-order chi connectivity index (χ1) is 62.3. The van der Waals surface area contributed by atoms with Crippen molar-refractivity contribution in [3.05, 3.63) is 81.5 Å². The molecule has 0 aromatic carbocycles. The van der Waals surface area contributed by atoms with Gasteiger partial charge in [-0.05, 0) is 189 Å². The zero-order valence-electron chi connectivity index (χ0n) is 82.6. The first kappa shape index (κ1) is 135. The van der Waals surface area contributed by atoms with Gasteiger partial charge in [-0.25, -0.2) is 4.79 Å². The van der Waals surface area contributed by atoms with Crippen molar-refractivity contribution in [1.82, 2.24) is 10.6 Å². The van der Waals surface area contributed by atoms with Crippen LogP contribution in [0, 0.1) is 22.7 Å². The van der Waals surface area contributed by atoms with Crippen molar-refractivity contribution in [2.75, 3.05) is 229 Å². The Hall–Kier alpha value is -5.00. The molecule has 8 N–H and O–H groups in total. The van der Waals surface area contributed by atoms with Crippen molar-refractivity contribution in [3.63, 3.8) is 0 Å². The van der Waals surface area contributed by atoms with E-state index < -0.39 is 78.2 Å². The van der Waals surface area contributed by atoms with Crippen LogP contribution in [0.1, 0.15) is 158 Å². The van der Waals surface area contributed by atoms with E-state index in [0.717, 1.165) is 39.6 Å². The monoisotopic (exact) mass is 2040 g/mol. The maximum atomic E-state index is 11.9. The molecule has 7 fully saturated rings. The Morgan fingerprint density at radius 2 is 0.769 bits per heavy atom. The van der Waals surface area contributed by atoms with Crippen LogP contribution in [-0.2, 0) is 132 Å². The number of aliphatic hydroxyl groups is 4. The number of nitrogens with two attached hydrogens (primary N) is 1. The summed E-state index contributed by atoms with van der Waals surface area (Å²) < 4.78 is 198. The number of allylic oxidation sites excluding steroid dienone is 1. The van der Waals surface area contributed by atoms with Gasteiger partial charge in [-0.15, -0.1) is 0 Å². The van der Waals surface area contributed by atoms with Crippen LogP contribution in [0.15, 0.2) is 81.5 Å². The summed E-state index contributed by atoms with van der Waals surface area (Å²) in [5, 5.41) is 54.0. The Balaban J connectivity index is -0.000000469. The third-order valence-corrected chi connectivity index (χ3v) is 18.8. The van der Waals surface area contributed by atoms with Gasteiger partial charge in [0.05, 0.1) is 190 Å². The number of ether oxygens (including phenoxy) is 20. The Bertz CT molecular complexity index is 3460. The van der Waals surface area contributed by atoms with E-state index in [0.29, 0.717) is 144 Å². The maximum absolute atomic E-state index is 11.9. The number of alkyl halides is 7. The first-order valence-corrected chi connectivity index (χ1v) is 46.0. The predicted octanol–water partition coefficient (Wildman–Crippen LogP) is 7.65. The number of hydrogen-bond donors (Lipinski definition) is 7. The van der Waals surface area contributed by atoms with Crippen LogP contribution in [0.3, 0.4) is 0 Å². The van der Waals surface area contributed by atoms with Crippen LogP contribution in [-0.4, -0.2) is 332 Å². The number of amides is 2. The van der Waals surface area contributed by atoms with Crippen molar-refractivity contribution in [3.8, 4) is 12.1 Å². The second-order valence-electron chi connectivity index (χ2n) is 31.4. The van der Waals surface area contributed by atoms with E-state index >= 15 is 0 Å². The van der Waals surface area contributed by atoms with Gasteiger partial charge < -0.3 is 142 Å². The van der Waals surface area contributed by atoms with E-state index in [1.807, 2.05) is 107 Å². The molecule has 46 heteroatoms. The summed E-state index contributed by atoms with van der Waals surface area (Å²) in [6.45, 7) is 44.4. The number of hydrogen-bond acceptors (Lipinski definition) is 35. The number of nitrogens with one attached hydrogen (secondary N) is 2. The number of nitrogens with zero attached hydrogens (tertiary/aromatic N) is 2. The molecule has 0 aromatic heterocycles. The molecule has 0 bridgehead atoms. The summed E-state index contributed by atoms with van der Waals surface area (Å²) in [4.78, 5) is 53.5. The molecule has 0 aliphatic carbocycles. The molecule has 2 amide bonds. The first-order valence-electron chi connectivity index (χ1n) is 43.2. The summed E-state index contributed by atoms with van der Waals surface area (Å²) >= 11 is 3.33. The fourth-order valence-electron chi connectivity index (χ4n) is 8.96. The molecule has 7 heterocycles. The molecule has 7 rings (SSSR count). The molecule has 0 radical (unpaired) electrons. The third kappa shape index (κ3) is 78.8. The molecular formula is C88H150BrF6N5NaO32P. The Labute approximate surface area is 818 Å². The Kier molecular flexibility index (Phi) is 77.5. The standard InChI is InChI=1S/C13H20F3NO4.C11H21NO3.C11H17NO3.C10H16F3NO4.C10H16O4.C8H13BrO2.C8H17O5P.C8H14O3.C6H10O3.C3H5NO.Na.H/c1-12(2)20-8-10(9-21-12)4-7-19-6-3-5-17-11(18)13(14,15)16;2*1-11(2)14-8-10(9-15-11)4-7-13-6-3-5-12;11-10(12,13)9(17)14-3-1-4-18-5-2-8(6-15)7-16;1-4-12-9(11)5-8-6-13-10(2,3)14-7-8;1-8(2)10-5-7(3-4-9)6-11-8;1-4-11-8(9)7-14(10,12-5-2)13-6-3;1-8(2)10-5-7(3-4-9)6-11-8;1-6(2)8-3-5(7)4-9-6;4-2-1-3-5;;/h4H,3,5-9H2,1-2H3,(H,17,18);4H,3,5-9,12H2,1-2H3;4H,3,6-9H2,1-2H3;2,15-16H,1,3-7H2,(H,14,17);5H,4,6-7H2,1-3H3;3H,4-6H2,1-2H3;4-7H2,1-3H3;3,9H,4-6H2,1-2H3;3-4H2,1-2H3;5H,1,3H2;;/q;;;;;;;;;;+1;-1. The second-order valence-corrected chi connectivity index (χ2v) is 34.1. The Morgan fingerprint density at radius 1 is 0.463 bits per heavy atom. The van der Waals surface area contributed by atoms with Gasteiger partial charge in [0, 0.05) is 44.3 Å². The SMILES string of the molecule is CC1(C)OCC(=CCBr)CO1.CC1(C)OCC(=CCO)CO1.CC1(C)OCC(=CCOCCC#N)CO1.CC1(C)OCC(=CCOCCCN)CO1.CC1(C)OCC(=CCOCCCNC(=O)C(F)(F)F)CO1.CC1(C)OCC(=O)CO1.CCOC(=O)C=C1COC(C)(C)OC1.CCOC(=O)CP(=O)(OCC)OCC.N#CCCO.O=C(NCCCOCC=C(CO)CO)C(F)(F)F.[H-].[Na+]. The quantitative estimate of drug-likeness (QED) is 0.00468. The summed E-state index contributed by atoms with van der Waals surface area (Å²) in [6, 6.07) is 3.79. The molecule has 7 saturated heterocycles. The van der Waals surface area contributed by atoms with Crippen molar-refractivity contribution in [1.29, 1.82) is 10.5 Å². The van der Waals surface area contributed by atoms with Crippen LogP contribution in [0.4, 0.5) is 26.3 Å². The van der Waals surface area contributed by atoms with Gasteiger partial charge in [0.25, 0.3) is 0 Å². The molecule has 0 saturated carbocycles. The molecule has 7 aliphatic heterocycles. The van der Waals surface area contributed by atoms with Crippen molar-refractivity contribution in [2.45, 2.75) is 210 Å². The van der Waals surface area contributed by atoms with Crippen molar-refractivity contribution < 1.29 is 210 Å². The number of carbonyl (C=O) groups excluding carboxylic acids is 5. The van der Waals surface area contributed by atoms with Gasteiger partial charge in [0.1, 0.15) is 19.4 Å². The summed E-state index contributed by atoms with van der Waals surface area (Å²) in [5.74, 6) is -8.25. The number of nitriles is 2. The molecule has 37 nitrogen and oxygen atoms in total. The third-order valence-electron chi connectivity index (χ3n) is 16.5. The van der Waals surface area contributed by atoms with E-state index in [9.17, 15) is 54.9 Å². The van der Waals surface area contributed by atoms with Gasteiger partial charge in [0.2, 0.25) is 0 Å². The molecule has 134 heavy (non-hydrogen) atoms. The Morgan fingerprint density at radius 3 is 1.04 bits per heavy atom. The fourth-order valence-corrected chi connectivity index (χ4v) is 10.9. The second kappa shape index (κ2) is 76.8. The minimum atomic E-state index is -4.86. The number of Topliss-reactive ketones (excluding diaryl/α,β-unsaturated/α-hetero) is 1. The number of esters is 2. The number of carbonyl (C=O) groups is 5. The molecule has 0 unspecified atom stereocenters. The summed E-state index contributed by atoms with van der Waals surface area (Å²) in [7, 11) is -3.28. The summed E-state index contributed by atoms with van der Waals surface area (Å²) in [5.41, 5.74) is 12.0. The largest absolute Gasteiger partial charge is 1.00 e. The van der Waals surface area contributed by atoms with E-state index in [1.165, 1.54) is 17.7 Å². The smallest absolute Gasteiger partial charge is 1.00 e. The van der Waals surface area contributed by atoms with Crippen LogP contribution in [0.25, 0.3) is 0 Å². The van der Waals surface area contributed by atoms with E-state index in [1.54, 1.807) is 64.3 Å². The topological polar surface area (TPSA) is 484 Å². The zero-order valence-corrected chi connectivity index (χ0v) is 86.1. The van der Waals surface area contributed by atoms with Gasteiger partial charge in [-0.3, -0.25) is 23.7 Å².